The van der Waals surface area contributed by atoms with Crippen LogP contribution in [-0.4, -0.2) is 14.2 Å². The van der Waals surface area contributed by atoms with E-state index in [0.29, 0.717) is 0 Å². The highest BCUT2D eigenvalue weighted by molar-refractivity contribution is 5.45. The van der Waals surface area contributed by atoms with Crippen molar-refractivity contribution in [3.8, 4) is 5.75 Å². The van der Waals surface area contributed by atoms with E-state index in [2.05, 4.69) is 30.6 Å². The summed E-state index contributed by atoms with van der Waals surface area (Å²) < 4.78 is 5.38. The first-order valence-electron chi connectivity index (χ1n) is 6.66. The summed E-state index contributed by atoms with van der Waals surface area (Å²) in [4.78, 5) is 0. The average Bonchev–Trinajstić information content (AvgIpc) is 2.72. The maximum absolute atomic E-state index is 5.38. The molecule has 0 spiro atoms. The Balaban J connectivity index is 2.09. The van der Waals surface area contributed by atoms with Gasteiger partial charge in [0.25, 0.3) is 0 Å². The van der Waals surface area contributed by atoms with Crippen LogP contribution >= 0.6 is 0 Å². The molecule has 92 valence electrons. The van der Waals surface area contributed by atoms with Gasteiger partial charge in [-0.1, -0.05) is 18.9 Å². The number of hydrogen-bond donors (Lipinski definition) is 1. The fraction of sp³-hybridized carbons (Fsp3) is 0.600. The molecule has 2 aliphatic rings. The van der Waals surface area contributed by atoms with E-state index in [1.807, 2.05) is 0 Å². The summed E-state index contributed by atoms with van der Waals surface area (Å²) in [5.41, 5.74) is 3.23. The lowest BCUT2D eigenvalue weighted by Gasteiger charge is -2.40. The molecule has 0 bridgehead atoms. The lowest BCUT2D eigenvalue weighted by atomic mass is 9.73. The summed E-state index contributed by atoms with van der Waals surface area (Å²) >= 11 is 0. The van der Waals surface area contributed by atoms with Gasteiger partial charge in [-0.2, -0.15) is 0 Å². The van der Waals surface area contributed by atoms with Crippen LogP contribution in [0.25, 0.3) is 0 Å². The Morgan fingerprint density at radius 1 is 1.35 bits per heavy atom. The van der Waals surface area contributed by atoms with Crippen molar-refractivity contribution in [3.63, 3.8) is 0 Å². The number of ether oxygens (including phenoxy) is 1. The van der Waals surface area contributed by atoms with E-state index >= 15 is 0 Å². The minimum atomic E-state index is 0.224. The summed E-state index contributed by atoms with van der Waals surface area (Å²) in [6.07, 6.45) is 6.60. The first kappa shape index (κ1) is 11.1. The Hall–Kier alpha value is -1.02. The standard InChI is InChI=1S/C15H21NO/c1-16-15-8-4-3-5-12(15)9-11-6-7-13(17-2)10-14(11)15/h6-7,10,12,16H,3-5,8-9H2,1-2H3/t12-,15+/m0/s1. The van der Waals surface area contributed by atoms with Crippen molar-refractivity contribution >= 4 is 0 Å². The molecule has 1 aromatic carbocycles. The van der Waals surface area contributed by atoms with Gasteiger partial charge in [0.05, 0.1) is 7.11 Å². The van der Waals surface area contributed by atoms with Gasteiger partial charge in [-0.25, -0.2) is 0 Å². The molecule has 2 nitrogen and oxygen atoms in total. The Morgan fingerprint density at radius 2 is 2.24 bits per heavy atom. The van der Waals surface area contributed by atoms with E-state index in [-0.39, 0.29) is 5.54 Å². The fourth-order valence-corrected chi connectivity index (χ4v) is 3.88. The summed E-state index contributed by atoms with van der Waals surface area (Å²) in [7, 11) is 3.87. The van der Waals surface area contributed by atoms with Crippen molar-refractivity contribution in [1.29, 1.82) is 0 Å². The average molecular weight is 231 g/mol. The Bertz CT molecular complexity index is 429. The van der Waals surface area contributed by atoms with Crippen molar-refractivity contribution in [1.82, 2.24) is 5.32 Å². The van der Waals surface area contributed by atoms with Crippen LogP contribution < -0.4 is 10.1 Å². The van der Waals surface area contributed by atoms with Crippen LogP contribution in [0.5, 0.6) is 5.75 Å². The van der Waals surface area contributed by atoms with Crippen molar-refractivity contribution in [2.24, 2.45) is 5.92 Å². The molecule has 3 rings (SSSR count). The van der Waals surface area contributed by atoms with E-state index < -0.39 is 0 Å². The van der Waals surface area contributed by atoms with E-state index in [1.165, 1.54) is 43.2 Å². The smallest absolute Gasteiger partial charge is 0.119 e. The topological polar surface area (TPSA) is 21.3 Å². The molecule has 1 fully saturated rings. The Kier molecular flexibility index (Phi) is 2.62. The van der Waals surface area contributed by atoms with Crippen molar-refractivity contribution in [3.05, 3.63) is 29.3 Å². The van der Waals surface area contributed by atoms with Crippen LogP contribution in [0.3, 0.4) is 0 Å². The predicted octanol–water partition coefficient (Wildman–Crippen LogP) is 2.86. The monoisotopic (exact) mass is 231 g/mol. The summed E-state index contributed by atoms with van der Waals surface area (Å²) in [6, 6.07) is 6.60. The van der Waals surface area contributed by atoms with Gasteiger partial charge in [-0.3, -0.25) is 0 Å². The van der Waals surface area contributed by atoms with Gasteiger partial charge in [0, 0.05) is 5.54 Å². The van der Waals surface area contributed by atoms with Crippen molar-refractivity contribution in [2.75, 3.05) is 14.2 Å². The van der Waals surface area contributed by atoms with Crippen LogP contribution in [0.4, 0.5) is 0 Å². The quantitative estimate of drug-likeness (QED) is 0.845. The fourth-order valence-electron chi connectivity index (χ4n) is 3.88. The van der Waals surface area contributed by atoms with Crippen molar-refractivity contribution < 1.29 is 4.74 Å². The number of hydrogen-bond acceptors (Lipinski definition) is 2. The number of rotatable bonds is 2. The number of fused-ring (bicyclic) bond motifs is 3. The molecule has 0 unspecified atom stereocenters. The molecule has 17 heavy (non-hydrogen) atoms. The highest BCUT2D eigenvalue weighted by Crippen LogP contribution is 2.50. The lowest BCUT2D eigenvalue weighted by Crippen LogP contribution is -2.46. The summed E-state index contributed by atoms with van der Waals surface area (Å²) in [5, 5.41) is 3.63. The number of methoxy groups -OCH3 is 1. The van der Waals surface area contributed by atoms with E-state index in [1.54, 1.807) is 7.11 Å². The molecule has 0 radical (unpaired) electrons. The zero-order chi connectivity index (χ0) is 11.9. The second kappa shape index (κ2) is 4.02. The van der Waals surface area contributed by atoms with E-state index in [4.69, 9.17) is 4.74 Å². The van der Waals surface area contributed by atoms with Crippen LogP contribution in [0, 0.1) is 5.92 Å². The highest BCUT2D eigenvalue weighted by Gasteiger charge is 2.46. The molecular formula is C15H21NO. The van der Waals surface area contributed by atoms with E-state index in [9.17, 15) is 0 Å². The third kappa shape index (κ3) is 1.50. The molecule has 1 aromatic rings. The van der Waals surface area contributed by atoms with Crippen LogP contribution in [0.15, 0.2) is 18.2 Å². The van der Waals surface area contributed by atoms with Gasteiger partial charge in [-0.05, 0) is 55.5 Å². The molecule has 1 saturated carbocycles. The molecule has 0 saturated heterocycles. The Morgan fingerprint density at radius 3 is 3.00 bits per heavy atom. The normalized spacial score (nSPS) is 30.8. The van der Waals surface area contributed by atoms with Gasteiger partial charge in [0.15, 0.2) is 0 Å². The number of nitrogens with one attached hydrogen (secondary N) is 1. The third-order valence-electron chi connectivity index (χ3n) is 4.78. The summed E-state index contributed by atoms with van der Waals surface area (Å²) in [6.45, 7) is 0. The molecule has 1 N–H and O–H groups in total. The predicted molar refractivity (Wildman–Crippen MR) is 69.4 cm³/mol. The van der Waals surface area contributed by atoms with Crippen LogP contribution in [-0.2, 0) is 12.0 Å². The Labute approximate surface area is 103 Å². The molecule has 2 aliphatic carbocycles. The minimum Gasteiger partial charge on any atom is -0.497 e. The molecule has 2 atom stereocenters. The zero-order valence-corrected chi connectivity index (χ0v) is 10.8. The highest BCUT2D eigenvalue weighted by atomic mass is 16.5. The summed E-state index contributed by atoms with van der Waals surface area (Å²) in [5.74, 6) is 1.77. The SMILES string of the molecule is CN[C@]12CCCC[C@H]1Cc1ccc(OC)cc12. The second-order valence-corrected chi connectivity index (χ2v) is 5.39. The maximum Gasteiger partial charge on any atom is 0.119 e. The molecule has 0 aliphatic heterocycles. The largest absolute Gasteiger partial charge is 0.497 e. The maximum atomic E-state index is 5.38. The van der Waals surface area contributed by atoms with E-state index in [0.717, 1.165) is 11.7 Å². The van der Waals surface area contributed by atoms with Gasteiger partial charge in [-0.15, -0.1) is 0 Å². The third-order valence-corrected chi connectivity index (χ3v) is 4.78. The molecular weight excluding hydrogens is 210 g/mol. The molecule has 2 heteroatoms. The molecule has 0 amide bonds. The van der Waals surface area contributed by atoms with Gasteiger partial charge in [0.1, 0.15) is 5.75 Å². The van der Waals surface area contributed by atoms with Crippen LogP contribution in [0.1, 0.15) is 36.8 Å². The first-order chi connectivity index (χ1) is 8.30. The zero-order valence-electron chi connectivity index (χ0n) is 10.8. The van der Waals surface area contributed by atoms with Crippen molar-refractivity contribution in [2.45, 2.75) is 37.6 Å². The second-order valence-electron chi connectivity index (χ2n) is 5.39. The minimum absolute atomic E-state index is 0.224. The van der Waals surface area contributed by atoms with Gasteiger partial charge in [0.2, 0.25) is 0 Å². The van der Waals surface area contributed by atoms with Crippen LogP contribution in [0.2, 0.25) is 0 Å². The lowest BCUT2D eigenvalue weighted by molar-refractivity contribution is 0.171. The van der Waals surface area contributed by atoms with Gasteiger partial charge < -0.3 is 10.1 Å². The first-order valence-corrected chi connectivity index (χ1v) is 6.66. The molecule has 0 heterocycles. The van der Waals surface area contributed by atoms with Gasteiger partial charge >= 0.3 is 0 Å². The number of benzene rings is 1. The molecule has 0 aromatic heterocycles.